The Hall–Kier alpha value is -0.423. The molecule has 0 spiro atoms. The first kappa shape index (κ1) is 15.6. The van der Waals surface area contributed by atoms with Gasteiger partial charge in [0.25, 0.3) is 0 Å². The second-order valence-corrected chi connectivity index (χ2v) is 4.97. The molecule has 0 aromatic rings. The fraction of sp³-hybridized carbons (Fsp3) is 1.00. The van der Waals surface area contributed by atoms with Crippen molar-refractivity contribution < 1.29 is 18.8 Å². The normalized spacial score (nSPS) is 13.5. The molecule has 1 unspecified atom stereocenters. The third-order valence-electron chi connectivity index (χ3n) is 2.81. The average molecular weight is 248 g/mol. The van der Waals surface area contributed by atoms with Gasteiger partial charge in [0.15, 0.2) is 0 Å². The topological polar surface area (TPSA) is 66.8 Å². The molecule has 0 saturated heterocycles. The van der Waals surface area contributed by atoms with Crippen LogP contribution in [-0.4, -0.2) is 30.8 Å². The summed E-state index contributed by atoms with van der Waals surface area (Å²) in [4.78, 5) is 8.97. The molecule has 0 saturated carbocycles. The number of rotatable bonds is 9. The molecule has 0 aliphatic rings. The van der Waals surface area contributed by atoms with Gasteiger partial charge in [-0.2, -0.15) is 0 Å². The van der Waals surface area contributed by atoms with Crippen LogP contribution in [0.3, 0.4) is 0 Å². The molecule has 5 heteroatoms. The summed E-state index contributed by atoms with van der Waals surface area (Å²) in [7, 11) is -3.01. The van der Waals surface area contributed by atoms with E-state index < -0.39 is 20.9 Å². The Balaban J connectivity index is 4.81. The largest absolute Gasteiger partial charge is 0.765 e. The molecule has 0 aliphatic heterocycles. The van der Waals surface area contributed by atoms with Crippen LogP contribution in [0.5, 0.6) is 0 Å². The van der Waals surface area contributed by atoms with E-state index in [9.17, 15) is 9.57 Å². The number of hydrogen-bond acceptors (Lipinski definition) is 3. The van der Waals surface area contributed by atoms with Gasteiger partial charge in [-0.3, -0.25) is 4.46 Å². The summed E-state index contributed by atoms with van der Waals surface area (Å²) in [5.41, 5.74) is -0.829. The van der Waals surface area contributed by atoms with Crippen molar-refractivity contribution in [3.63, 3.8) is 0 Å². The van der Waals surface area contributed by atoms with Gasteiger partial charge in [0.2, 0.25) is 0 Å². The summed E-state index contributed by atoms with van der Waals surface area (Å²) < 4.78 is 16.1. The van der Waals surface area contributed by atoms with Crippen LogP contribution in [0.15, 0.2) is 0 Å². The lowest BCUT2D eigenvalue weighted by atomic mass is 9.85. The van der Waals surface area contributed by atoms with Crippen LogP contribution >= 0.6 is 0 Å². The molecular formula is C11H24O4Si. The molecule has 4 nitrogen and oxygen atoms in total. The average Bonchev–Trinajstić information content (AvgIpc) is 2.17. The highest BCUT2D eigenvalue weighted by atomic mass is 28.3. The highest BCUT2D eigenvalue weighted by molar-refractivity contribution is 6.24. The minimum Gasteiger partial charge on any atom is -0.511 e. The fourth-order valence-electron chi connectivity index (χ4n) is 2.19. The van der Waals surface area contributed by atoms with Gasteiger partial charge < -0.3 is 14.3 Å². The molecule has 0 fully saturated rings. The van der Waals surface area contributed by atoms with E-state index in [-0.39, 0.29) is 0 Å². The SMILES string of the molecule is CCCC(O)C(CCC)(CCC)O[Si](=O)O. The number of aliphatic hydroxyl groups is 1. The smallest absolute Gasteiger partial charge is 0.511 e. The quantitative estimate of drug-likeness (QED) is 0.612. The van der Waals surface area contributed by atoms with E-state index in [2.05, 4.69) is 0 Å². The lowest BCUT2D eigenvalue weighted by molar-refractivity contribution is -0.0847. The van der Waals surface area contributed by atoms with Gasteiger partial charge in [-0.25, -0.2) is 0 Å². The Morgan fingerprint density at radius 3 is 2.00 bits per heavy atom. The Labute approximate surface area is 99.5 Å². The Kier molecular flexibility index (Phi) is 7.58. The summed E-state index contributed by atoms with van der Waals surface area (Å²) in [6.07, 6.45) is 3.70. The summed E-state index contributed by atoms with van der Waals surface area (Å²) in [5.74, 6) is 0. The van der Waals surface area contributed by atoms with Gasteiger partial charge in [0.05, 0.1) is 6.10 Å². The van der Waals surface area contributed by atoms with E-state index in [0.717, 1.165) is 19.3 Å². The van der Waals surface area contributed by atoms with Crippen LogP contribution < -0.4 is 0 Å². The molecule has 2 N–H and O–H groups in total. The van der Waals surface area contributed by atoms with Crippen molar-refractivity contribution in [2.24, 2.45) is 0 Å². The molecule has 0 heterocycles. The second kappa shape index (κ2) is 7.79. The van der Waals surface area contributed by atoms with E-state index in [4.69, 9.17) is 9.22 Å². The number of aliphatic hydroxyl groups excluding tert-OH is 1. The second-order valence-electron chi connectivity index (χ2n) is 4.24. The van der Waals surface area contributed by atoms with E-state index in [1.807, 2.05) is 20.8 Å². The van der Waals surface area contributed by atoms with Crippen molar-refractivity contribution in [1.82, 2.24) is 0 Å². The zero-order chi connectivity index (χ0) is 12.6. The maximum absolute atomic E-state index is 10.9. The van der Waals surface area contributed by atoms with Gasteiger partial charge in [-0.15, -0.1) is 0 Å². The van der Waals surface area contributed by atoms with E-state index in [0.29, 0.717) is 19.3 Å². The first-order valence-corrected chi connectivity index (χ1v) is 7.38. The van der Waals surface area contributed by atoms with Gasteiger partial charge in [0.1, 0.15) is 5.60 Å². The summed E-state index contributed by atoms with van der Waals surface area (Å²) in [6.45, 7) is 5.95. The van der Waals surface area contributed by atoms with Crippen molar-refractivity contribution in [2.75, 3.05) is 0 Å². The van der Waals surface area contributed by atoms with E-state index in [1.54, 1.807) is 0 Å². The third kappa shape index (κ3) is 4.61. The van der Waals surface area contributed by atoms with Crippen LogP contribution in [0.4, 0.5) is 0 Å². The molecule has 0 rings (SSSR count). The first-order valence-electron chi connectivity index (χ1n) is 6.12. The summed E-state index contributed by atoms with van der Waals surface area (Å²) >= 11 is 0. The van der Waals surface area contributed by atoms with Gasteiger partial charge in [-0.05, 0) is 19.3 Å². The fourth-order valence-corrected chi connectivity index (χ4v) is 2.87. The van der Waals surface area contributed by atoms with E-state index >= 15 is 0 Å². The standard InChI is InChI=1S/C11H24O4Si/c1-4-7-10(12)11(8-5-2,9-6-3)15-16(13)14/h10,12-13H,4-9H2,1-3H3. The lowest BCUT2D eigenvalue weighted by Gasteiger charge is -2.37. The number of hydrogen-bond donors (Lipinski definition) is 2. The van der Waals surface area contributed by atoms with Crippen LogP contribution in [0.1, 0.15) is 59.3 Å². The minimum atomic E-state index is -3.01. The van der Waals surface area contributed by atoms with Crippen molar-refractivity contribution in [1.29, 1.82) is 0 Å². The third-order valence-corrected chi connectivity index (χ3v) is 3.39. The summed E-state index contributed by atoms with van der Waals surface area (Å²) in [5, 5.41) is 10.1. The lowest BCUT2D eigenvalue weighted by Crippen LogP contribution is -2.47. The maximum atomic E-state index is 10.9. The first-order chi connectivity index (χ1) is 7.52. The Morgan fingerprint density at radius 2 is 1.69 bits per heavy atom. The highest BCUT2D eigenvalue weighted by Gasteiger charge is 2.40. The van der Waals surface area contributed by atoms with Gasteiger partial charge >= 0.3 is 9.17 Å². The molecule has 0 aliphatic carbocycles. The zero-order valence-corrected chi connectivity index (χ0v) is 11.5. The molecule has 16 heavy (non-hydrogen) atoms. The van der Waals surface area contributed by atoms with Crippen molar-refractivity contribution in [3.8, 4) is 0 Å². The van der Waals surface area contributed by atoms with Gasteiger partial charge in [0, 0.05) is 0 Å². The van der Waals surface area contributed by atoms with Crippen molar-refractivity contribution >= 4 is 9.17 Å². The Morgan fingerprint density at radius 1 is 1.19 bits per heavy atom. The molecule has 0 bridgehead atoms. The summed E-state index contributed by atoms with van der Waals surface area (Å²) in [6, 6.07) is 0. The molecule has 1 atom stereocenters. The maximum Gasteiger partial charge on any atom is 0.765 e. The van der Waals surface area contributed by atoms with Crippen LogP contribution in [0.2, 0.25) is 0 Å². The van der Waals surface area contributed by atoms with Crippen LogP contribution in [0.25, 0.3) is 0 Å². The molecule has 0 amide bonds. The predicted molar refractivity (Wildman–Crippen MR) is 63.2 cm³/mol. The van der Waals surface area contributed by atoms with Crippen molar-refractivity contribution in [3.05, 3.63) is 0 Å². The molecule has 0 radical (unpaired) electrons. The van der Waals surface area contributed by atoms with Crippen LogP contribution in [-0.2, 0) is 8.89 Å². The zero-order valence-electron chi connectivity index (χ0n) is 10.5. The van der Waals surface area contributed by atoms with Gasteiger partial charge in [-0.1, -0.05) is 40.0 Å². The monoisotopic (exact) mass is 248 g/mol. The van der Waals surface area contributed by atoms with Crippen molar-refractivity contribution in [2.45, 2.75) is 71.0 Å². The van der Waals surface area contributed by atoms with E-state index in [1.165, 1.54) is 0 Å². The molecular weight excluding hydrogens is 224 g/mol. The Bertz CT molecular complexity index is 202. The molecule has 0 aromatic carbocycles. The predicted octanol–water partition coefficient (Wildman–Crippen LogP) is 1.91. The molecule has 96 valence electrons. The highest BCUT2D eigenvalue weighted by Crippen LogP contribution is 2.30. The molecule has 0 aromatic heterocycles. The van der Waals surface area contributed by atoms with Crippen LogP contribution in [0, 0.1) is 0 Å². The minimum absolute atomic E-state index is 0.606.